The van der Waals surface area contributed by atoms with Crippen molar-refractivity contribution in [2.24, 2.45) is 0 Å². The minimum atomic E-state index is -0.358. The Balaban J connectivity index is 2.33. The topological polar surface area (TPSA) is 23.5 Å². The van der Waals surface area contributed by atoms with E-state index in [1.54, 1.807) is 0 Å². The summed E-state index contributed by atoms with van der Waals surface area (Å²) >= 11 is 0. The lowest BCUT2D eigenvalue weighted by molar-refractivity contribution is 0.199. The van der Waals surface area contributed by atoms with E-state index < -0.39 is 0 Å². The van der Waals surface area contributed by atoms with E-state index in [2.05, 4.69) is 30.9 Å². The predicted octanol–water partition coefficient (Wildman–Crippen LogP) is 2.51. The Morgan fingerprint density at radius 3 is 2.60 bits per heavy atom. The Labute approximate surface area is 91.5 Å². The van der Waals surface area contributed by atoms with Crippen molar-refractivity contribution < 1.29 is 5.11 Å². The maximum atomic E-state index is 9.52. The van der Waals surface area contributed by atoms with Crippen LogP contribution in [0.15, 0.2) is 18.2 Å². The van der Waals surface area contributed by atoms with Gasteiger partial charge in [0.1, 0.15) is 0 Å². The molecule has 1 heterocycles. The highest BCUT2D eigenvalue weighted by Crippen LogP contribution is 2.31. The highest BCUT2D eigenvalue weighted by molar-refractivity contribution is 5.59. The van der Waals surface area contributed by atoms with Crippen LogP contribution in [0.4, 0.5) is 5.69 Å². The van der Waals surface area contributed by atoms with Crippen LogP contribution in [0.3, 0.4) is 0 Å². The molecule has 0 amide bonds. The Kier molecular flexibility index (Phi) is 2.70. The minimum Gasteiger partial charge on any atom is -0.389 e. The number of aliphatic hydroxyl groups is 1. The molecule has 0 saturated carbocycles. The average Bonchev–Trinajstić information content (AvgIpc) is 2.59. The second-order valence-electron chi connectivity index (χ2n) is 4.60. The SMILES string of the molecule is CC(O)c1ccc2c(c1)CCN2C(C)C. The van der Waals surface area contributed by atoms with Gasteiger partial charge in [0.15, 0.2) is 0 Å². The van der Waals surface area contributed by atoms with Crippen LogP contribution in [0.5, 0.6) is 0 Å². The molecule has 2 heteroatoms. The smallest absolute Gasteiger partial charge is 0.0762 e. The largest absolute Gasteiger partial charge is 0.389 e. The fourth-order valence-corrected chi connectivity index (χ4v) is 2.24. The highest BCUT2D eigenvalue weighted by atomic mass is 16.3. The molecule has 0 spiro atoms. The van der Waals surface area contributed by atoms with Gasteiger partial charge in [-0.05, 0) is 44.4 Å². The van der Waals surface area contributed by atoms with Gasteiger partial charge in [-0.15, -0.1) is 0 Å². The van der Waals surface area contributed by atoms with Gasteiger partial charge in [0, 0.05) is 18.3 Å². The summed E-state index contributed by atoms with van der Waals surface area (Å²) in [4.78, 5) is 2.42. The van der Waals surface area contributed by atoms with Crippen molar-refractivity contribution in [3.63, 3.8) is 0 Å². The van der Waals surface area contributed by atoms with Crippen molar-refractivity contribution >= 4 is 5.69 Å². The summed E-state index contributed by atoms with van der Waals surface area (Å²) in [5, 5.41) is 9.52. The van der Waals surface area contributed by atoms with Crippen LogP contribution in [-0.4, -0.2) is 17.7 Å². The number of rotatable bonds is 2. The summed E-state index contributed by atoms with van der Waals surface area (Å²) in [5.41, 5.74) is 3.75. The predicted molar refractivity (Wildman–Crippen MR) is 63.3 cm³/mol. The molecule has 0 aliphatic carbocycles. The molecule has 1 N–H and O–H groups in total. The van der Waals surface area contributed by atoms with Crippen molar-refractivity contribution in [3.8, 4) is 0 Å². The number of benzene rings is 1. The zero-order chi connectivity index (χ0) is 11.0. The molecule has 0 aromatic heterocycles. The van der Waals surface area contributed by atoms with Crippen LogP contribution < -0.4 is 4.90 Å². The molecule has 1 aromatic carbocycles. The summed E-state index contributed by atoms with van der Waals surface area (Å²) in [5.74, 6) is 0. The van der Waals surface area contributed by atoms with Crippen LogP contribution in [0.2, 0.25) is 0 Å². The average molecular weight is 205 g/mol. The van der Waals surface area contributed by atoms with Crippen LogP contribution in [0.25, 0.3) is 0 Å². The lowest BCUT2D eigenvalue weighted by Crippen LogP contribution is -2.28. The van der Waals surface area contributed by atoms with E-state index in [-0.39, 0.29) is 6.10 Å². The molecule has 2 nitrogen and oxygen atoms in total. The fraction of sp³-hybridized carbons (Fsp3) is 0.538. The summed E-state index contributed by atoms with van der Waals surface area (Å²) in [7, 11) is 0. The van der Waals surface area contributed by atoms with Crippen molar-refractivity contribution in [2.45, 2.75) is 39.3 Å². The van der Waals surface area contributed by atoms with Gasteiger partial charge in [0.2, 0.25) is 0 Å². The second kappa shape index (κ2) is 3.86. The summed E-state index contributed by atoms with van der Waals surface area (Å²) in [6.45, 7) is 7.36. The Bertz CT molecular complexity index is 358. The normalized spacial score (nSPS) is 17.0. The van der Waals surface area contributed by atoms with Gasteiger partial charge in [0.05, 0.1) is 6.10 Å². The maximum Gasteiger partial charge on any atom is 0.0762 e. The Morgan fingerprint density at radius 2 is 2.00 bits per heavy atom. The molecule has 1 aliphatic rings. The molecular weight excluding hydrogens is 186 g/mol. The number of fused-ring (bicyclic) bond motifs is 1. The molecule has 0 radical (unpaired) electrons. The van der Waals surface area contributed by atoms with E-state index in [1.807, 2.05) is 13.0 Å². The summed E-state index contributed by atoms with van der Waals surface area (Å²) < 4.78 is 0. The van der Waals surface area contributed by atoms with Crippen molar-refractivity contribution in [1.82, 2.24) is 0 Å². The lowest BCUT2D eigenvalue weighted by atomic mass is 10.1. The standard InChI is InChI=1S/C13H19NO/c1-9(2)14-7-6-12-8-11(10(3)15)4-5-13(12)14/h4-5,8-10,15H,6-7H2,1-3H3. The van der Waals surface area contributed by atoms with Crippen LogP contribution >= 0.6 is 0 Å². The third-order valence-electron chi connectivity index (χ3n) is 3.14. The zero-order valence-electron chi connectivity index (χ0n) is 9.70. The van der Waals surface area contributed by atoms with Gasteiger partial charge in [-0.1, -0.05) is 12.1 Å². The molecule has 2 rings (SSSR count). The molecular formula is C13H19NO. The van der Waals surface area contributed by atoms with Gasteiger partial charge in [0.25, 0.3) is 0 Å². The van der Waals surface area contributed by atoms with E-state index in [1.165, 1.54) is 11.3 Å². The molecule has 0 fully saturated rings. The zero-order valence-corrected chi connectivity index (χ0v) is 9.70. The summed E-state index contributed by atoms with van der Waals surface area (Å²) in [6.07, 6.45) is 0.747. The molecule has 1 atom stereocenters. The van der Waals surface area contributed by atoms with Gasteiger partial charge in [-0.25, -0.2) is 0 Å². The third kappa shape index (κ3) is 1.86. The van der Waals surface area contributed by atoms with Crippen LogP contribution in [-0.2, 0) is 6.42 Å². The second-order valence-corrected chi connectivity index (χ2v) is 4.60. The summed E-state index contributed by atoms with van der Waals surface area (Å²) in [6, 6.07) is 6.88. The number of hydrogen-bond acceptors (Lipinski definition) is 2. The van der Waals surface area contributed by atoms with E-state index in [9.17, 15) is 5.11 Å². The molecule has 1 aliphatic heterocycles. The van der Waals surface area contributed by atoms with Gasteiger partial charge in [-0.2, -0.15) is 0 Å². The molecule has 0 bridgehead atoms. The lowest BCUT2D eigenvalue weighted by Gasteiger charge is -2.24. The third-order valence-corrected chi connectivity index (χ3v) is 3.14. The first-order valence-corrected chi connectivity index (χ1v) is 5.67. The number of aliphatic hydroxyl groups excluding tert-OH is 1. The van der Waals surface area contributed by atoms with E-state index in [4.69, 9.17) is 0 Å². The first kappa shape index (κ1) is 10.5. The number of hydrogen-bond donors (Lipinski definition) is 1. The first-order chi connectivity index (χ1) is 7.09. The number of anilines is 1. The first-order valence-electron chi connectivity index (χ1n) is 5.67. The molecule has 82 valence electrons. The van der Waals surface area contributed by atoms with E-state index in [0.29, 0.717) is 6.04 Å². The molecule has 1 unspecified atom stereocenters. The Morgan fingerprint density at radius 1 is 1.27 bits per heavy atom. The molecule has 15 heavy (non-hydrogen) atoms. The number of nitrogens with zero attached hydrogens (tertiary/aromatic N) is 1. The van der Waals surface area contributed by atoms with Crippen LogP contribution in [0.1, 0.15) is 38.0 Å². The van der Waals surface area contributed by atoms with Crippen molar-refractivity contribution in [3.05, 3.63) is 29.3 Å². The van der Waals surface area contributed by atoms with Gasteiger partial charge >= 0.3 is 0 Å². The fourth-order valence-electron chi connectivity index (χ4n) is 2.24. The molecule has 0 saturated heterocycles. The quantitative estimate of drug-likeness (QED) is 0.802. The maximum absolute atomic E-state index is 9.52. The minimum absolute atomic E-state index is 0.358. The monoisotopic (exact) mass is 205 g/mol. The van der Waals surface area contributed by atoms with E-state index in [0.717, 1.165) is 18.5 Å². The van der Waals surface area contributed by atoms with Gasteiger partial charge in [-0.3, -0.25) is 0 Å². The van der Waals surface area contributed by atoms with Crippen molar-refractivity contribution in [1.29, 1.82) is 0 Å². The highest BCUT2D eigenvalue weighted by Gasteiger charge is 2.21. The van der Waals surface area contributed by atoms with Crippen molar-refractivity contribution in [2.75, 3.05) is 11.4 Å². The van der Waals surface area contributed by atoms with Gasteiger partial charge < -0.3 is 10.0 Å². The Hall–Kier alpha value is -1.02. The van der Waals surface area contributed by atoms with Crippen LogP contribution in [0, 0.1) is 0 Å². The molecule has 1 aromatic rings. The van der Waals surface area contributed by atoms with E-state index >= 15 is 0 Å².